The molecule has 120 valence electrons. The van der Waals surface area contributed by atoms with Gasteiger partial charge in [-0.1, -0.05) is 12.1 Å². The molecule has 1 aromatic carbocycles. The van der Waals surface area contributed by atoms with Gasteiger partial charge in [-0.05, 0) is 37.1 Å². The molecule has 6 nitrogen and oxygen atoms in total. The summed E-state index contributed by atoms with van der Waals surface area (Å²) in [6.07, 6.45) is 0. The van der Waals surface area contributed by atoms with E-state index >= 15 is 0 Å². The molecule has 24 heavy (non-hydrogen) atoms. The van der Waals surface area contributed by atoms with Gasteiger partial charge in [-0.2, -0.15) is 10.4 Å². The number of anilines is 1. The SMILES string of the molecule is Cc1nnc2sc(C(=O)NCc3ccc(C#N)cc3)c(N)c2c1C. The topological polar surface area (TPSA) is 105 Å². The van der Waals surface area contributed by atoms with Gasteiger partial charge in [0, 0.05) is 11.9 Å². The normalized spacial score (nSPS) is 10.5. The molecule has 2 heterocycles. The van der Waals surface area contributed by atoms with Crippen LogP contribution in [0.2, 0.25) is 0 Å². The van der Waals surface area contributed by atoms with Gasteiger partial charge in [0.25, 0.3) is 5.91 Å². The van der Waals surface area contributed by atoms with Gasteiger partial charge in [-0.15, -0.1) is 16.4 Å². The number of rotatable bonds is 3. The third-order valence-corrected chi connectivity index (χ3v) is 4.97. The Hall–Kier alpha value is -2.98. The molecule has 0 unspecified atom stereocenters. The van der Waals surface area contributed by atoms with Crippen molar-refractivity contribution in [1.82, 2.24) is 15.5 Å². The van der Waals surface area contributed by atoms with Crippen LogP contribution in [0.5, 0.6) is 0 Å². The molecule has 2 aromatic heterocycles. The largest absolute Gasteiger partial charge is 0.397 e. The highest BCUT2D eigenvalue weighted by Crippen LogP contribution is 2.34. The predicted molar refractivity (Wildman–Crippen MR) is 93.6 cm³/mol. The van der Waals surface area contributed by atoms with Crippen LogP contribution < -0.4 is 11.1 Å². The van der Waals surface area contributed by atoms with Crippen LogP contribution in [-0.4, -0.2) is 16.1 Å². The number of nitrogens with one attached hydrogen (secondary N) is 1. The van der Waals surface area contributed by atoms with Gasteiger partial charge in [0.05, 0.1) is 23.0 Å². The number of nitrogens with two attached hydrogens (primary N) is 1. The van der Waals surface area contributed by atoms with Gasteiger partial charge < -0.3 is 11.1 Å². The summed E-state index contributed by atoms with van der Waals surface area (Å²) in [5, 5.41) is 20.6. The molecule has 3 N–H and O–H groups in total. The molecule has 0 saturated heterocycles. The first kappa shape index (κ1) is 15.9. The van der Waals surface area contributed by atoms with Crippen LogP contribution in [0.3, 0.4) is 0 Å². The lowest BCUT2D eigenvalue weighted by atomic mass is 10.1. The summed E-state index contributed by atoms with van der Waals surface area (Å²) in [5.41, 5.74) is 9.85. The number of benzene rings is 1. The fourth-order valence-corrected chi connectivity index (χ4v) is 3.39. The molecular weight excluding hydrogens is 322 g/mol. The molecule has 0 spiro atoms. The zero-order valence-corrected chi connectivity index (χ0v) is 14.1. The first-order valence-electron chi connectivity index (χ1n) is 7.30. The van der Waals surface area contributed by atoms with E-state index in [0.29, 0.717) is 27.5 Å². The molecule has 3 rings (SSSR count). The summed E-state index contributed by atoms with van der Waals surface area (Å²) in [6.45, 7) is 4.15. The molecule has 0 aliphatic rings. The Kier molecular flexibility index (Phi) is 4.15. The van der Waals surface area contributed by atoms with Crippen LogP contribution in [0, 0.1) is 25.2 Å². The van der Waals surface area contributed by atoms with Crippen molar-refractivity contribution < 1.29 is 4.79 Å². The summed E-state index contributed by atoms with van der Waals surface area (Å²) in [4.78, 5) is 13.6. The number of aryl methyl sites for hydroxylation is 2. The van der Waals surface area contributed by atoms with Crippen LogP contribution in [0.15, 0.2) is 24.3 Å². The number of thiophene rings is 1. The molecule has 0 bridgehead atoms. The highest BCUT2D eigenvalue weighted by Gasteiger charge is 2.19. The van der Waals surface area contributed by atoms with E-state index in [0.717, 1.165) is 22.2 Å². The Morgan fingerprint density at radius 3 is 2.67 bits per heavy atom. The quantitative estimate of drug-likeness (QED) is 0.764. The Balaban J connectivity index is 1.82. The number of aromatic nitrogens is 2. The average Bonchev–Trinajstić information content (AvgIpc) is 2.94. The van der Waals surface area contributed by atoms with Gasteiger partial charge in [-0.3, -0.25) is 4.79 Å². The maximum atomic E-state index is 12.4. The monoisotopic (exact) mass is 337 g/mol. The minimum absolute atomic E-state index is 0.239. The van der Waals surface area contributed by atoms with E-state index in [9.17, 15) is 4.79 Å². The fourth-order valence-electron chi connectivity index (χ4n) is 2.37. The summed E-state index contributed by atoms with van der Waals surface area (Å²) in [7, 11) is 0. The summed E-state index contributed by atoms with van der Waals surface area (Å²) < 4.78 is 0. The van der Waals surface area contributed by atoms with E-state index < -0.39 is 0 Å². The van der Waals surface area contributed by atoms with E-state index in [4.69, 9.17) is 11.0 Å². The van der Waals surface area contributed by atoms with Crippen molar-refractivity contribution in [2.75, 3.05) is 5.73 Å². The summed E-state index contributed by atoms with van der Waals surface area (Å²) in [5.74, 6) is -0.239. The summed E-state index contributed by atoms with van der Waals surface area (Å²) in [6, 6.07) is 9.12. The zero-order chi connectivity index (χ0) is 17.3. The van der Waals surface area contributed by atoms with Crippen molar-refractivity contribution in [3.63, 3.8) is 0 Å². The Bertz CT molecular complexity index is 969. The number of nitriles is 1. The zero-order valence-electron chi connectivity index (χ0n) is 13.3. The maximum Gasteiger partial charge on any atom is 0.263 e. The molecule has 3 aromatic rings. The van der Waals surface area contributed by atoms with Crippen molar-refractivity contribution in [2.45, 2.75) is 20.4 Å². The van der Waals surface area contributed by atoms with E-state index in [1.54, 1.807) is 12.1 Å². The molecule has 0 saturated carbocycles. The van der Waals surface area contributed by atoms with E-state index in [1.165, 1.54) is 11.3 Å². The Morgan fingerprint density at radius 2 is 2.00 bits per heavy atom. The lowest BCUT2D eigenvalue weighted by Crippen LogP contribution is -2.22. The van der Waals surface area contributed by atoms with E-state index in [-0.39, 0.29) is 5.91 Å². The fraction of sp³-hybridized carbons (Fsp3) is 0.176. The molecule has 0 aliphatic heterocycles. The van der Waals surface area contributed by atoms with E-state index in [2.05, 4.69) is 21.6 Å². The minimum Gasteiger partial charge on any atom is -0.397 e. The predicted octanol–water partition coefficient (Wildman–Crippen LogP) is 2.69. The maximum absolute atomic E-state index is 12.4. The van der Waals surface area contributed by atoms with Gasteiger partial charge in [0.15, 0.2) is 0 Å². The highest BCUT2D eigenvalue weighted by molar-refractivity contribution is 7.21. The van der Waals surface area contributed by atoms with Crippen molar-refractivity contribution in [3.8, 4) is 6.07 Å². The van der Waals surface area contributed by atoms with Crippen molar-refractivity contribution in [2.24, 2.45) is 0 Å². The number of nitrogen functional groups attached to an aromatic ring is 1. The lowest BCUT2D eigenvalue weighted by Gasteiger charge is -2.05. The first-order valence-corrected chi connectivity index (χ1v) is 8.12. The number of carbonyl (C=O) groups excluding carboxylic acids is 1. The first-order chi connectivity index (χ1) is 11.5. The van der Waals surface area contributed by atoms with E-state index in [1.807, 2.05) is 26.0 Å². The number of carbonyl (C=O) groups is 1. The smallest absolute Gasteiger partial charge is 0.263 e. The van der Waals surface area contributed by atoms with Gasteiger partial charge >= 0.3 is 0 Å². The van der Waals surface area contributed by atoms with Crippen LogP contribution in [0.4, 0.5) is 5.69 Å². The third-order valence-electron chi connectivity index (χ3n) is 3.88. The van der Waals surface area contributed by atoms with Crippen molar-refractivity contribution >= 4 is 33.1 Å². The van der Waals surface area contributed by atoms with Gasteiger partial charge in [0.2, 0.25) is 0 Å². The summed E-state index contributed by atoms with van der Waals surface area (Å²) >= 11 is 1.24. The van der Waals surface area contributed by atoms with Crippen molar-refractivity contribution in [3.05, 3.63) is 51.5 Å². The Labute approximate surface area is 142 Å². The average molecular weight is 337 g/mol. The van der Waals surface area contributed by atoms with Crippen LogP contribution in [0.1, 0.15) is 32.1 Å². The van der Waals surface area contributed by atoms with Crippen LogP contribution in [0.25, 0.3) is 10.2 Å². The molecule has 1 amide bonds. The second-order valence-electron chi connectivity index (χ2n) is 5.43. The third kappa shape index (κ3) is 2.79. The number of amides is 1. The van der Waals surface area contributed by atoms with Crippen LogP contribution >= 0.6 is 11.3 Å². The molecule has 0 fully saturated rings. The van der Waals surface area contributed by atoms with Crippen molar-refractivity contribution in [1.29, 1.82) is 5.26 Å². The van der Waals surface area contributed by atoms with Gasteiger partial charge in [0.1, 0.15) is 9.71 Å². The number of fused-ring (bicyclic) bond motifs is 1. The molecular formula is C17H15N5OS. The number of hydrogen-bond acceptors (Lipinski definition) is 6. The number of hydrogen-bond donors (Lipinski definition) is 2. The standard InChI is InChI=1S/C17H15N5OS/c1-9-10(2)21-22-17-13(9)14(19)15(24-17)16(23)20-8-12-5-3-11(7-18)4-6-12/h3-6H,8,19H2,1-2H3,(H,20,23). The number of nitrogens with zero attached hydrogens (tertiary/aromatic N) is 3. The second-order valence-corrected chi connectivity index (χ2v) is 6.43. The molecule has 0 radical (unpaired) electrons. The molecule has 0 aliphatic carbocycles. The second kappa shape index (κ2) is 6.26. The Morgan fingerprint density at radius 1 is 1.29 bits per heavy atom. The highest BCUT2D eigenvalue weighted by atomic mass is 32.1. The minimum atomic E-state index is -0.239. The molecule has 0 atom stereocenters. The molecule has 7 heteroatoms. The lowest BCUT2D eigenvalue weighted by molar-refractivity contribution is 0.0956. The van der Waals surface area contributed by atoms with Crippen LogP contribution in [-0.2, 0) is 6.54 Å². The van der Waals surface area contributed by atoms with Gasteiger partial charge in [-0.25, -0.2) is 0 Å².